The molecule has 0 aliphatic rings. The van der Waals surface area contributed by atoms with E-state index in [2.05, 4.69) is 5.10 Å². The molecule has 0 unspecified atom stereocenters. The monoisotopic (exact) mass is 245 g/mol. The molecule has 2 rings (SSSR count). The minimum atomic E-state index is -0.913. The van der Waals surface area contributed by atoms with Gasteiger partial charge in [-0.15, -0.1) is 0 Å². The van der Waals surface area contributed by atoms with Gasteiger partial charge >= 0.3 is 5.97 Å². The van der Waals surface area contributed by atoms with Crippen molar-refractivity contribution in [2.24, 2.45) is 7.05 Å². The molecule has 0 spiro atoms. The molecule has 0 fully saturated rings. The molecule has 1 aromatic heterocycles. The zero-order chi connectivity index (χ0) is 13.1. The van der Waals surface area contributed by atoms with E-state index in [9.17, 15) is 4.79 Å². The van der Waals surface area contributed by atoms with Gasteiger partial charge in [0.25, 0.3) is 0 Å². The highest BCUT2D eigenvalue weighted by Crippen LogP contribution is 2.20. The summed E-state index contributed by atoms with van der Waals surface area (Å²) in [6.07, 6.45) is 3.69. The summed E-state index contributed by atoms with van der Waals surface area (Å²) < 4.78 is 1.73. The third-order valence-electron chi connectivity index (χ3n) is 2.72. The first-order chi connectivity index (χ1) is 8.58. The Morgan fingerprint density at radius 1 is 1.44 bits per heavy atom. The Kier molecular flexibility index (Phi) is 3.32. The van der Waals surface area contributed by atoms with E-state index in [4.69, 9.17) is 5.11 Å². The fourth-order valence-electron chi connectivity index (χ4n) is 1.90. The van der Waals surface area contributed by atoms with Crippen LogP contribution in [0.2, 0.25) is 0 Å². The topological polar surface area (TPSA) is 58.4 Å². The van der Waals surface area contributed by atoms with Crippen molar-refractivity contribution < 1.29 is 9.90 Å². The number of aryl methyl sites for hydroxylation is 1. The van der Waals surface area contributed by atoms with E-state index in [1.54, 1.807) is 29.1 Å². The number of hydrogen-bond donors (Lipinski definition) is 1. The molecule has 94 valence electrons. The van der Waals surface area contributed by atoms with Gasteiger partial charge in [0.2, 0.25) is 0 Å². The van der Waals surface area contributed by atoms with E-state index >= 15 is 0 Å². The van der Waals surface area contributed by atoms with Crippen LogP contribution in [0.15, 0.2) is 36.7 Å². The molecular weight excluding hydrogens is 230 g/mol. The number of carbonyl (C=O) groups is 1. The smallest absolute Gasteiger partial charge is 0.337 e. The number of aromatic carboxylic acids is 1. The average molecular weight is 245 g/mol. The molecule has 2 aromatic rings. The molecule has 5 heteroatoms. The van der Waals surface area contributed by atoms with E-state index in [1.807, 2.05) is 31.3 Å². The van der Waals surface area contributed by atoms with Crippen molar-refractivity contribution in [1.82, 2.24) is 9.78 Å². The van der Waals surface area contributed by atoms with Crippen LogP contribution in [0.4, 0.5) is 5.69 Å². The number of benzene rings is 1. The molecule has 0 saturated carbocycles. The second-order valence-electron chi connectivity index (χ2n) is 4.20. The van der Waals surface area contributed by atoms with E-state index in [-0.39, 0.29) is 0 Å². The van der Waals surface area contributed by atoms with Crippen molar-refractivity contribution in [2.45, 2.75) is 6.54 Å². The lowest BCUT2D eigenvalue weighted by Crippen LogP contribution is -2.19. The summed E-state index contributed by atoms with van der Waals surface area (Å²) in [5.41, 5.74) is 2.05. The van der Waals surface area contributed by atoms with E-state index in [1.165, 1.54) is 0 Å². The maximum Gasteiger partial charge on any atom is 0.337 e. The van der Waals surface area contributed by atoms with Crippen LogP contribution in [-0.2, 0) is 13.6 Å². The number of aromatic nitrogens is 2. The molecule has 0 saturated heterocycles. The summed E-state index contributed by atoms with van der Waals surface area (Å²) in [7, 11) is 3.73. The molecule has 18 heavy (non-hydrogen) atoms. The van der Waals surface area contributed by atoms with Crippen LogP contribution in [0, 0.1) is 0 Å². The van der Waals surface area contributed by atoms with Crippen LogP contribution < -0.4 is 4.90 Å². The summed E-state index contributed by atoms with van der Waals surface area (Å²) in [5, 5.41) is 13.2. The number of carboxylic acid groups (broad SMARTS) is 1. The van der Waals surface area contributed by atoms with E-state index in [0.29, 0.717) is 17.8 Å². The number of nitrogens with zero attached hydrogens (tertiary/aromatic N) is 3. The summed E-state index contributed by atoms with van der Waals surface area (Å²) >= 11 is 0. The molecule has 1 N–H and O–H groups in total. The predicted octanol–water partition coefficient (Wildman–Crippen LogP) is 1.75. The maximum absolute atomic E-state index is 11.1. The van der Waals surface area contributed by atoms with Crippen molar-refractivity contribution in [1.29, 1.82) is 0 Å². The zero-order valence-corrected chi connectivity index (χ0v) is 10.4. The Bertz CT molecular complexity index is 563. The van der Waals surface area contributed by atoms with Crippen molar-refractivity contribution >= 4 is 11.7 Å². The predicted molar refractivity (Wildman–Crippen MR) is 68.7 cm³/mol. The molecular formula is C13H15N3O2. The maximum atomic E-state index is 11.1. The number of carboxylic acids is 1. The van der Waals surface area contributed by atoms with Gasteiger partial charge in [0.1, 0.15) is 0 Å². The van der Waals surface area contributed by atoms with Gasteiger partial charge < -0.3 is 10.0 Å². The lowest BCUT2D eigenvalue weighted by molar-refractivity contribution is 0.0697. The molecule has 0 radical (unpaired) electrons. The second kappa shape index (κ2) is 4.91. The summed E-state index contributed by atoms with van der Waals surface area (Å²) in [6.45, 7) is 0.623. The van der Waals surface area contributed by atoms with Gasteiger partial charge in [-0.25, -0.2) is 4.79 Å². The molecule has 1 heterocycles. The van der Waals surface area contributed by atoms with Gasteiger partial charge in [-0.3, -0.25) is 4.68 Å². The highest BCUT2D eigenvalue weighted by molar-refractivity contribution is 5.94. The Labute approximate surface area is 105 Å². The van der Waals surface area contributed by atoms with Crippen molar-refractivity contribution in [3.05, 3.63) is 47.8 Å². The Morgan fingerprint density at radius 3 is 2.78 bits per heavy atom. The number of hydrogen-bond acceptors (Lipinski definition) is 3. The van der Waals surface area contributed by atoms with Crippen LogP contribution in [0.5, 0.6) is 0 Å². The SMILES string of the molecule is CN(Cc1cnn(C)c1)c1ccccc1C(=O)O. The summed E-state index contributed by atoms with van der Waals surface area (Å²) in [4.78, 5) is 13.0. The van der Waals surface area contributed by atoms with E-state index < -0.39 is 5.97 Å². The first-order valence-corrected chi connectivity index (χ1v) is 5.59. The fourth-order valence-corrected chi connectivity index (χ4v) is 1.90. The third-order valence-corrected chi connectivity index (χ3v) is 2.72. The lowest BCUT2D eigenvalue weighted by Gasteiger charge is -2.20. The minimum Gasteiger partial charge on any atom is -0.478 e. The minimum absolute atomic E-state index is 0.309. The van der Waals surface area contributed by atoms with Gasteiger partial charge in [0.15, 0.2) is 0 Å². The Hall–Kier alpha value is -2.30. The number of rotatable bonds is 4. The van der Waals surface area contributed by atoms with Crippen LogP contribution in [0.25, 0.3) is 0 Å². The van der Waals surface area contributed by atoms with Gasteiger partial charge in [-0.1, -0.05) is 12.1 Å². The Morgan fingerprint density at radius 2 is 2.17 bits per heavy atom. The highest BCUT2D eigenvalue weighted by Gasteiger charge is 2.13. The van der Waals surface area contributed by atoms with Gasteiger partial charge in [-0.2, -0.15) is 5.10 Å². The first-order valence-electron chi connectivity index (χ1n) is 5.59. The molecule has 0 aliphatic heterocycles. The molecule has 1 aromatic carbocycles. The number of para-hydroxylation sites is 1. The Balaban J connectivity index is 2.23. The summed E-state index contributed by atoms with van der Waals surface area (Å²) in [5.74, 6) is -0.913. The van der Waals surface area contributed by atoms with Crippen molar-refractivity contribution in [3.8, 4) is 0 Å². The molecule has 0 amide bonds. The first kappa shape index (κ1) is 12.2. The van der Waals surface area contributed by atoms with Gasteiger partial charge in [0.05, 0.1) is 17.4 Å². The standard InChI is InChI=1S/C13H15N3O2/c1-15(8-10-7-14-16(2)9-10)12-6-4-3-5-11(12)13(17)18/h3-7,9H,8H2,1-2H3,(H,17,18). The van der Waals surface area contributed by atoms with Gasteiger partial charge in [0, 0.05) is 32.4 Å². The largest absolute Gasteiger partial charge is 0.478 e. The molecule has 0 bridgehead atoms. The lowest BCUT2D eigenvalue weighted by atomic mass is 10.1. The molecule has 0 aliphatic carbocycles. The second-order valence-corrected chi connectivity index (χ2v) is 4.20. The van der Waals surface area contributed by atoms with Crippen LogP contribution in [0.1, 0.15) is 15.9 Å². The van der Waals surface area contributed by atoms with Crippen LogP contribution in [-0.4, -0.2) is 27.9 Å². The molecule has 5 nitrogen and oxygen atoms in total. The van der Waals surface area contributed by atoms with E-state index in [0.717, 1.165) is 5.56 Å². The van der Waals surface area contributed by atoms with Crippen LogP contribution in [0.3, 0.4) is 0 Å². The highest BCUT2D eigenvalue weighted by atomic mass is 16.4. The zero-order valence-electron chi connectivity index (χ0n) is 10.4. The normalized spacial score (nSPS) is 10.3. The molecule has 0 atom stereocenters. The third kappa shape index (κ3) is 2.51. The quantitative estimate of drug-likeness (QED) is 0.891. The average Bonchev–Trinajstić information content (AvgIpc) is 2.74. The van der Waals surface area contributed by atoms with Crippen molar-refractivity contribution in [2.75, 3.05) is 11.9 Å². The van der Waals surface area contributed by atoms with Crippen molar-refractivity contribution in [3.63, 3.8) is 0 Å². The fraction of sp³-hybridized carbons (Fsp3) is 0.231. The summed E-state index contributed by atoms with van der Waals surface area (Å²) in [6, 6.07) is 6.98. The van der Waals surface area contributed by atoms with Gasteiger partial charge in [-0.05, 0) is 12.1 Å². The number of anilines is 1. The van der Waals surface area contributed by atoms with Crippen LogP contribution >= 0.6 is 0 Å².